The number of rotatable bonds is 15. The van der Waals surface area contributed by atoms with Gasteiger partial charge in [-0.15, -0.1) is 0 Å². The van der Waals surface area contributed by atoms with Crippen LogP contribution in [0.5, 0.6) is 0 Å². The van der Waals surface area contributed by atoms with Crippen molar-refractivity contribution in [3.05, 3.63) is 0 Å². The molecule has 8 nitrogen and oxygen atoms in total. The minimum atomic E-state index is -1.67. The van der Waals surface area contributed by atoms with Gasteiger partial charge in [0.05, 0.1) is 6.61 Å². The number of ether oxygens (including phenoxy) is 1. The lowest BCUT2D eigenvalue weighted by Crippen LogP contribution is -2.63. The molecule has 4 N–H and O–H groups in total. The van der Waals surface area contributed by atoms with E-state index in [9.17, 15) is 30.0 Å². The number of hydrogen-bond donors (Lipinski definition) is 4. The average molecular weight is 446 g/mol. The van der Waals surface area contributed by atoms with Gasteiger partial charge in [-0.2, -0.15) is 0 Å². The number of unbranched alkanes of at least 4 members (excludes halogenated alkanes) is 11. The van der Waals surface area contributed by atoms with E-state index in [1.165, 1.54) is 58.3 Å². The largest absolute Gasteiger partial charge is 0.394 e. The van der Waals surface area contributed by atoms with Crippen molar-refractivity contribution < 1.29 is 34.8 Å². The van der Waals surface area contributed by atoms with Crippen LogP contribution >= 0.6 is 0 Å². The van der Waals surface area contributed by atoms with Crippen LogP contribution < -0.4 is 0 Å². The molecule has 1 unspecified atom stereocenters. The Morgan fingerprint density at radius 1 is 0.774 bits per heavy atom. The summed E-state index contributed by atoms with van der Waals surface area (Å²) in [5.74, 6) is -1.22. The summed E-state index contributed by atoms with van der Waals surface area (Å²) in [5, 5.41) is 39.1. The lowest BCUT2D eigenvalue weighted by molar-refractivity contribution is -0.230. The van der Waals surface area contributed by atoms with E-state index >= 15 is 0 Å². The Kier molecular flexibility index (Phi) is 14.2. The maximum absolute atomic E-state index is 12.7. The van der Waals surface area contributed by atoms with Gasteiger partial charge in [-0.1, -0.05) is 77.6 Å². The number of carbonyl (C=O) groups excluding carboxylic acids is 2. The summed E-state index contributed by atoms with van der Waals surface area (Å²) in [6.45, 7) is 3.08. The van der Waals surface area contributed by atoms with Crippen molar-refractivity contribution in [2.75, 3.05) is 13.2 Å². The molecule has 0 spiro atoms. The average Bonchev–Trinajstić information content (AvgIpc) is 2.75. The summed E-state index contributed by atoms with van der Waals surface area (Å²) in [6.07, 6.45) is 6.52. The van der Waals surface area contributed by atoms with Gasteiger partial charge in [-0.25, -0.2) is 0 Å². The Balaban J connectivity index is 2.31. The van der Waals surface area contributed by atoms with Crippen molar-refractivity contribution in [2.24, 2.45) is 0 Å². The van der Waals surface area contributed by atoms with E-state index in [0.29, 0.717) is 6.42 Å². The van der Waals surface area contributed by atoms with Gasteiger partial charge in [0.25, 0.3) is 5.91 Å². The molecule has 1 aliphatic heterocycles. The van der Waals surface area contributed by atoms with Crippen LogP contribution in [0.25, 0.3) is 0 Å². The van der Waals surface area contributed by atoms with Gasteiger partial charge in [0.2, 0.25) is 5.91 Å². The monoisotopic (exact) mass is 445 g/mol. The third-order valence-electron chi connectivity index (χ3n) is 6.02. The first-order valence-corrected chi connectivity index (χ1v) is 12.0. The molecule has 1 heterocycles. The Morgan fingerprint density at radius 3 is 1.71 bits per heavy atom. The van der Waals surface area contributed by atoms with Crippen molar-refractivity contribution >= 4 is 11.8 Å². The summed E-state index contributed by atoms with van der Waals surface area (Å²) >= 11 is 0. The van der Waals surface area contributed by atoms with Gasteiger partial charge in [0.1, 0.15) is 24.4 Å². The summed E-state index contributed by atoms with van der Waals surface area (Å²) in [7, 11) is 0. The van der Waals surface area contributed by atoms with Gasteiger partial charge in [-0.3, -0.25) is 14.5 Å². The van der Waals surface area contributed by atoms with E-state index in [1.807, 2.05) is 0 Å². The molecule has 8 heteroatoms. The molecular formula is C23H43NO7. The number of aliphatic hydroxyl groups is 4. The molecule has 2 amide bonds. The topological polar surface area (TPSA) is 128 Å². The Bertz CT molecular complexity index is 514. The van der Waals surface area contributed by atoms with Crippen LogP contribution in [0.15, 0.2) is 0 Å². The molecule has 1 saturated heterocycles. The number of amides is 2. The summed E-state index contributed by atoms with van der Waals surface area (Å²) in [6, 6.07) is 0. The predicted octanol–water partition coefficient (Wildman–Crippen LogP) is 1.90. The fraction of sp³-hybridized carbons (Fsp3) is 0.913. The zero-order valence-corrected chi connectivity index (χ0v) is 19.2. The number of nitrogens with zero attached hydrogens (tertiary/aromatic N) is 1. The highest BCUT2D eigenvalue weighted by Crippen LogP contribution is 2.23. The quantitative estimate of drug-likeness (QED) is 0.284. The number of hydrogen-bond acceptors (Lipinski definition) is 7. The predicted molar refractivity (Wildman–Crippen MR) is 117 cm³/mol. The first-order chi connectivity index (χ1) is 14.8. The van der Waals surface area contributed by atoms with Crippen LogP contribution in [0.4, 0.5) is 0 Å². The van der Waals surface area contributed by atoms with Crippen LogP contribution in [0.1, 0.15) is 90.9 Å². The molecule has 1 rings (SSSR count). The van der Waals surface area contributed by atoms with E-state index in [-0.39, 0.29) is 6.54 Å². The molecule has 0 saturated carbocycles. The molecule has 0 aromatic carbocycles. The van der Waals surface area contributed by atoms with Gasteiger partial charge >= 0.3 is 0 Å². The summed E-state index contributed by atoms with van der Waals surface area (Å²) in [5.41, 5.74) is 0. The summed E-state index contributed by atoms with van der Waals surface area (Å²) < 4.78 is 5.28. The zero-order chi connectivity index (χ0) is 23.2. The highest BCUT2D eigenvalue weighted by molar-refractivity contribution is 5.96. The SMILES string of the molecule is CCCCCCCCCCCCCCN(C(C)=O)C(=O)C1O[C@H](CO)[C@@H](O)[C@H](O)[C@H]1O. The summed E-state index contributed by atoms with van der Waals surface area (Å²) in [4.78, 5) is 25.7. The highest BCUT2D eigenvalue weighted by atomic mass is 16.5. The van der Waals surface area contributed by atoms with E-state index in [4.69, 9.17) is 4.74 Å². The first kappa shape index (κ1) is 28.0. The van der Waals surface area contributed by atoms with Crippen LogP contribution in [0, 0.1) is 0 Å². The molecule has 0 aromatic heterocycles. The Morgan fingerprint density at radius 2 is 1.26 bits per heavy atom. The Hall–Kier alpha value is -1.06. The third-order valence-corrected chi connectivity index (χ3v) is 6.02. The van der Waals surface area contributed by atoms with E-state index in [1.54, 1.807) is 0 Å². The minimum absolute atomic E-state index is 0.209. The van der Waals surface area contributed by atoms with E-state index < -0.39 is 48.9 Å². The minimum Gasteiger partial charge on any atom is -0.394 e. The fourth-order valence-corrected chi connectivity index (χ4v) is 3.99. The van der Waals surface area contributed by atoms with E-state index in [2.05, 4.69) is 6.92 Å². The van der Waals surface area contributed by atoms with Crippen LogP contribution in [-0.4, -0.2) is 80.8 Å². The second-order valence-electron chi connectivity index (χ2n) is 8.65. The maximum atomic E-state index is 12.7. The second-order valence-corrected chi connectivity index (χ2v) is 8.65. The molecule has 0 radical (unpaired) electrons. The number of aliphatic hydroxyl groups excluding tert-OH is 4. The molecule has 0 aromatic rings. The smallest absolute Gasteiger partial charge is 0.261 e. The van der Waals surface area contributed by atoms with Gasteiger partial charge in [0.15, 0.2) is 6.10 Å². The van der Waals surface area contributed by atoms with Gasteiger partial charge < -0.3 is 25.2 Å². The molecule has 5 atom stereocenters. The van der Waals surface area contributed by atoms with Crippen molar-refractivity contribution in [1.82, 2.24) is 4.90 Å². The molecule has 1 fully saturated rings. The number of carbonyl (C=O) groups is 2. The molecule has 0 bridgehead atoms. The second kappa shape index (κ2) is 15.7. The zero-order valence-electron chi connectivity index (χ0n) is 19.2. The number of imide groups is 1. The van der Waals surface area contributed by atoms with Gasteiger partial charge in [-0.05, 0) is 6.42 Å². The highest BCUT2D eigenvalue weighted by Gasteiger charge is 2.47. The van der Waals surface area contributed by atoms with Crippen LogP contribution in [0.2, 0.25) is 0 Å². The molecular weight excluding hydrogens is 402 g/mol. The van der Waals surface area contributed by atoms with E-state index in [0.717, 1.165) is 24.2 Å². The maximum Gasteiger partial charge on any atom is 0.261 e. The lowest BCUT2D eigenvalue weighted by atomic mass is 9.94. The van der Waals surface area contributed by atoms with Gasteiger partial charge in [0, 0.05) is 13.5 Å². The molecule has 0 aliphatic carbocycles. The molecule has 182 valence electrons. The van der Waals surface area contributed by atoms with Crippen molar-refractivity contribution in [3.63, 3.8) is 0 Å². The van der Waals surface area contributed by atoms with Crippen LogP contribution in [0.3, 0.4) is 0 Å². The fourth-order valence-electron chi connectivity index (χ4n) is 3.99. The van der Waals surface area contributed by atoms with Crippen molar-refractivity contribution in [3.8, 4) is 0 Å². The lowest BCUT2D eigenvalue weighted by Gasteiger charge is -2.40. The third kappa shape index (κ3) is 9.53. The normalized spacial score (nSPS) is 26.1. The Labute approximate surface area is 186 Å². The standard InChI is InChI=1S/C23H43NO7/c1-3-4-5-6-7-8-9-10-11-12-13-14-15-24(17(2)26)23(30)22-21(29)20(28)19(27)18(16-25)31-22/h18-22,25,27-29H,3-16H2,1-2H3/t18-,19-,20+,21-,22?/m1/s1. The first-order valence-electron chi connectivity index (χ1n) is 12.0. The van der Waals surface area contributed by atoms with Crippen molar-refractivity contribution in [2.45, 2.75) is 121 Å². The molecule has 31 heavy (non-hydrogen) atoms. The molecule has 1 aliphatic rings. The van der Waals surface area contributed by atoms with Crippen molar-refractivity contribution in [1.29, 1.82) is 0 Å². The van der Waals surface area contributed by atoms with Crippen LogP contribution in [-0.2, 0) is 14.3 Å².